The van der Waals surface area contributed by atoms with Gasteiger partial charge in [0.05, 0.1) is 37.3 Å². The molecule has 0 aliphatic heterocycles. The number of nitrogens with zero attached hydrogens (tertiary/aromatic N) is 6. The van der Waals surface area contributed by atoms with E-state index in [-0.39, 0.29) is 18.8 Å². The third-order valence-corrected chi connectivity index (χ3v) is 4.07. The molecule has 0 aliphatic rings. The largest absolute Gasteiger partial charge is 0.409 e. The maximum absolute atomic E-state index is 12.3. The minimum Gasteiger partial charge on any atom is -0.352 e. The van der Waals surface area contributed by atoms with E-state index in [1.54, 1.807) is 6.07 Å². The van der Waals surface area contributed by atoms with Crippen LogP contribution in [0, 0.1) is 0 Å². The lowest BCUT2D eigenvalue weighted by Crippen LogP contribution is -2.24. The molecule has 178 valence electrons. The van der Waals surface area contributed by atoms with Crippen molar-refractivity contribution in [3.05, 3.63) is 41.6 Å². The molecule has 2 N–H and O–H groups in total. The first kappa shape index (κ1) is 23.9. The highest BCUT2D eigenvalue weighted by Crippen LogP contribution is 2.21. The number of rotatable bonds is 8. The number of nitrogens with one attached hydrogen (secondary N) is 2. The van der Waals surface area contributed by atoms with Crippen molar-refractivity contribution in [1.82, 2.24) is 40.2 Å². The van der Waals surface area contributed by atoms with Crippen molar-refractivity contribution in [1.29, 1.82) is 0 Å². The number of carbonyl (C=O) groups excluding carboxylic acids is 2. The Kier molecular flexibility index (Phi) is 6.83. The van der Waals surface area contributed by atoms with Gasteiger partial charge < -0.3 is 10.6 Å². The van der Waals surface area contributed by atoms with Gasteiger partial charge in [0, 0.05) is 13.0 Å². The second-order valence-electron chi connectivity index (χ2n) is 6.85. The molecular weight excluding hydrogens is 462 g/mol. The average molecular weight is 478 g/mol. The lowest BCUT2D eigenvalue weighted by molar-refractivity contribution is -0.145. The van der Waals surface area contributed by atoms with Crippen LogP contribution in [0.25, 0.3) is 5.65 Å². The first-order chi connectivity index (χ1) is 15.4. The molecule has 33 heavy (non-hydrogen) atoms. The summed E-state index contributed by atoms with van der Waals surface area (Å²) in [5, 5.41) is 15.7. The Balaban J connectivity index is 1.54. The van der Waals surface area contributed by atoms with E-state index in [1.165, 1.54) is 16.9 Å². The van der Waals surface area contributed by atoms with Gasteiger partial charge in [-0.15, -0.1) is 5.10 Å². The van der Waals surface area contributed by atoms with Crippen LogP contribution < -0.4 is 10.6 Å². The van der Waals surface area contributed by atoms with Crippen LogP contribution in [0.5, 0.6) is 0 Å². The summed E-state index contributed by atoms with van der Waals surface area (Å²) in [6, 6.07) is 1.55. The molecule has 0 aromatic carbocycles. The van der Waals surface area contributed by atoms with Gasteiger partial charge in [-0.2, -0.15) is 41.3 Å². The van der Waals surface area contributed by atoms with Crippen LogP contribution in [0.1, 0.15) is 34.6 Å². The molecule has 3 aromatic rings. The van der Waals surface area contributed by atoms with Gasteiger partial charge in [0.25, 0.3) is 5.91 Å². The van der Waals surface area contributed by atoms with E-state index in [2.05, 4.69) is 30.9 Å². The Hall–Kier alpha value is -3.72. The predicted octanol–water partition coefficient (Wildman–Crippen LogP) is 1.77. The Morgan fingerprint density at radius 3 is 2.42 bits per heavy atom. The predicted molar refractivity (Wildman–Crippen MR) is 97.4 cm³/mol. The van der Waals surface area contributed by atoms with Crippen LogP contribution in [-0.2, 0) is 24.4 Å². The van der Waals surface area contributed by atoms with E-state index in [4.69, 9.17) is 0 Å². The van der Waals surface area contributed by atoms with Crippen molar-refractivity contribution in [3.8, 4) is 0 Å². The summed E-state index contributed by atoms with van der Waals surface area (Å²) in [6.07, 6.45) is -7.07. The summed E-state index contributed by atoms with van der Waals surface area (Å²) in [7, 11) is 0. The van der Waals surface area contributed by atoms with Crippen molar-refractivity contribution in [3.63, 3.8) is 0 Å². The number of aromatic nitrogens is 6. The van der Waals surface area contributed by atoms with Gasteiger partial charge in [-0.25, -0.2) is 9.50 Å². The van der Waals surface area contributed by atoms with Gasteiger partial charge in [0.15, 0.2) is 17.9 Å². The van der Waals surface area contributed by atoms with Crippen molar-refractivity contribution >= 4 is 17.5 Å². The number of hydrogen-bond acceptors (Lipinski definition) is 6. The fraction of sp³-hybridized carbons (Fsp3) is 0.412. The van der Waals surface area contributed by atoms with Gasteiger partial charge in [-0.05, 0) is 11.6 Å². The van der Waals surface area contributed by atoms with Gasteiger partial charge >= 0.3 is 12.4 Å². The quantitative estimate of drug-likeness (QED) is 0.477. The number of fused-ring (bicyclic) bond motifs is 1. The Morgan fingerprint density at radius 2 is 1.73 bits per heavy atom. The number of imidazole rings is 1. The first-order valence-electron chi connectivity index (χ1n) is 9.30. The number of hydrogen-bond donors (Lipinski definition) is 2. The van der Waals surface area contributed by atoms with Crippen molar-refractivity contribution < 1.29 is 35.9 Å². The zero-order valence-corrected chi connectivity index (χ0v) is 16.6. The fourth-order valence-electron chi connectivity index (χ4n) is 2.59. The van der Waals surface area contributed by atoms with E-state index >= 15 is 0 Å². The maximum atomic E-state index is 12.3. The van der Waals surface area contributed by atoms with Gasteiger partial charge in [-0.3, -0.25) is 9.59 Å². The number of amides is 2. The van der Waals surface area contributed by atoms with E-state index < -0.39 is 43.6 Å². The van der Waals surface area contributed by atoms with Crippen LogP contribution in [-0.4, -0.2) is 53.8 Å². The van der Waals surface area contributed by atoms with E-state index in [0.29, 0.717) is 21.7 Å². The number of halogens is 6. The van der Waals surface area contributed by atoms with Crippen LogP contribution in [0.15, 0.2) is 24.7 Å². The van der Waals surface area contributed by atoms with Crippen LogP contribution in [0.2, 0.25) is 0 Å². The monoisotopic (exact) mass is 478 g/mol. The van der Waals surface area contributed by atoms with Crippen LogP contribution in [0.3, 0.4) is 0 Å². The smallest absolute Gasteiger partial charge is 0.352 e. The van der Waals surface area contributed by atoms with Crippen molar-refractivity contribution in [2.75, 3.05) is 0 Å². The van der Waals surface area contributed by atoms with Gasteiger partial charge in [-0.1, -0.05) is 0 Å². The third-order valence-electron chi connectivity index (χ3n) is 4.07. The molecule has 0 unspecified atom stereocenters. The molecule has 3 heterocycles. The lowest BCUT2D eigenvalue weighted by Gasteiger charge is -2.07. The van der Waals surface area contributed by atoms with Crippen molar-refractivity contribution in [2.24, 2.45) is 0 Å². The standard InChI is InChI=1S/C17H16F6N8O2/c18-16(19,20)2-1-14(32)24-4-10-3-13-28-11(8-30(13)26-5-10)6-25-15(33)12-7-27-31(29-12)9-17(21,22)23/h3,5,7-8H,1-2,4,6,9H2,(H,24,32)(H,25,33). The van der Waals surface area contributed by atoms with E-state index in [1.807, 2.05) is 0 Å². The number of carbonyl (C=O) groups is 2. The normalized spacial score (nSPS) is 12.2. The second-order valence-corrected chi connectivity index (χ2v) is 6.85. The summed E-state index contributed by atoms with van der Waals surface area (Å²) in [5.41, 5.74) is 0.900. The molecule has 0 saturated heterocycles. The van der Waals surface area contributed by atoms with Crippen LogP contribution >= 0.6 is 0 Å². The molecule has 0 saturated carbocycles. The molecule has 0 fully saturated rings. The summed E-state index contributed by atoms with van der Waals surface area (Å²) in [4.78, 5) is 28.1. The topological polar surface area (TPSA) is 119 Å². The summed E-state index contributed by atoms with van der Waals surface area (Å²) in [5.74, 6) is -1.51. The molecule has 3 aromatic heterocycles. The van der Waals surface area contributed by atoms with Gasteiger partial charge in [0.1, 0.15) is 0 Å². The molecule has 0 aliphatic carbocycles. The minimum absolute atomic E-state index is 0.0489. The molecule has 0 radical (unpaired) electrons. The SMILES string of the molecule is O=C(CCC(F)(F)F)NCc1cnn2cc(CNC(=O)c3cnn(CC(F)(F)F)n3)nc2c1. The first-order valence-corrected chi connectivity index (χ1v) is 9.30. The highest BCUT2D eigenvalue weighted by molar-refractivity contribution is 5.91. The second kappa shape index (κ2) is 9.41. The summed E-state index contributed by atoms with van der Waals surface area (Å²) < 4.78 is 74.8. The molecule has 0 atom stereocenters. The van der Waals surface area contributed by atoms with Crippen molar-refractivity contribution in [2.45, 2.75) is 44.8 Å². The highest BCUT2D eigenvalue weighted by atomic mass is 19.4. The number of alkyl halides is 6. The Bertz CT molecular complexity index is 1140. The molecular formula is C17H16F6N8O2. The zero-order valence-electron chi connectivity index (χ0n) is 16.6. The Morgan fingerprint density at radius 1 is 0.970 bits per heavy atom. The summed E-state index contributed by atoms with van der Waals surface area (Å²) in [6.45, 7) is -1.56. The Labute approximate surface area is 181 Å². The maximum Gasteiger partial charge on any atom is 0.409 e. The van der Waals surface area contributed by atoms with E-state index in [0.717, 1.165) is 6.20 Å². The minimum atomic E-state index is -4.53. The fourth-order valence-corrected chi connectivity index (χ4v) is 2.59. The highest BCUT2D eigenvalue weighted by Gasteiger charge is 2.30. The molecule has 16 heteroatoms. The van der Waals surface area contributed by atoms with Crippen LogP contribution in [0.4, 0.5) is 26.3 Å². The molecule has 10 nitrogen and oxygen atoms in total. The summed E-state index contributed by atoms with van der Waals surface area (Å²) >= 11 is 0. The zero-order chi connectivity index (χ0) is 24.2. The van der Waals surface area contributed by atoms with Gasteiger partial charge in [0.2, 0.25) is 5.91 Å². The molecule has 2 amide bonds. The third kappa shape index (κ3) is 7.43. The van der Waals surface area contributed by atoms with E-state index in [9.17, 15) is 35.9 Å². The lowest BCUT2D eigenvalue weighted by atomic mass is 10.2. The molecule has 0 spiro atoms. The average Bonchev–Trinajstić information content (AvgIpc) is 3.33. The molecule has 0 bridgehead atoms. The molecule has 3 rings (SSSR count).